The molecule has 0 aliphatic carbocycles. The summed E-state index contributed by atoms with van der Waals surface area (Å²) in [6.07, 6.45) is 1.24. The molecule has 1 fully saturated rings. The molecule has 9 heteroatoms. The van der Waals surface area contributed by atoms with Crippen molar-refractivity contribution in [1.29, 1.82) is 0 Å². The lowest BCUT2D eigenvalue weighted by Crippen LogP contribution is -2.26. The Bertz CT molecular complexity index is 674. The fourth-order valence-electron chi connectivity index (χ4n) is 1.83. The lowest BCUT2D eigenvalue weighted by atomic mass is 10.2. The molecule has 1 aliphatic rings. The molecule has 1 amide bonds. The summed E-state index contributed by atoms with van der Waals surface area (Å²) in [6.45, 7) is 0. The highest BCUT2D eigenvalue weighted by Crippen LogP contribution is 2.27. The highest BCUT2D eigenvalue weighted by molar-refractivity contribution is 8.15. The van der Waals surface area contributed by atoms with Gasteiger partial charge in [-0.25, -0.2) is 0 Å². The Kier molecular flexibility index (Phi) is 5.58. The van der Waals surface area contributed by atoms with Crippen molar-refractivity contribution in [2.45, 2.75) is 11.7 Å². The molecule has 1 heterocycles. The number of benzene rings is 1. The molecule has 0 aromatic heterocycles. The second-order valence-corrected chi connectivity index (χ2v) is 5.65. The summed E-state index contributed by atoms with van der Waals surface area (Å²) in [5, 5.41) is 18.6. The topological polar surface area (TPSA) is 110 Å². The van der Waals surface area contributed by atoms with Gasteiger partial charge in [-0.3, -0.25) is 9.59 Å². The first-order chi connectivity index (χ1) is 11.0. The zero-order valence-electron chi connectivity index (χ0n) is 12.5. The standard InChI is InChI=1S/C14H15N3O5S/c1-21-9-4-3-8(5-10(9)22-2)7-15-17-14-16-13(20)11(23-14)6-12(18)19/h3-5,7,11H,6H2,1-2H3,(H,18,19)(H,16,17,20)/b15-7+. The van der Waals surface area contributed by atoms with Gasteiger partial charge < -0.3 is 19.9 Å². The molecule has 0 bridgehead atoms. The number of aliphatic carboxylic acids is 1. The number of nitrogens with one attached hydrogen (secondary N) is 1. The predicted octanol–water partition coefficient (Wildman–Crippen LogP) is 1.10. The van der Waals surface area contributed by atoms with Crippen LogP contribution in [-0.4, -0.2) is 47.8 Å². The van der Waals surface area contributed by atoms with E-state index in [9.17, 15) is 9.59 Å². The van der Waals surface area contributed by atoms with Crippen molar-refractivity contribution in [2.24, 2.45) is 10.2 Å². The van der Waals surface area contributed by atoms with E-state index < -0.39 is 11.2 Å². The van der Waals surface area contributed by atoms with Crippen molar-refractivity contribution < 1.29 is 24.2 Å². The van der Waals surface area contributed by atoms with Gasteiger partial charge in [-0.05, 0) is 23.8 Å². The SMILES string of the molecule is COc1ccc(/C=N/N=C2/NC(=O)C(CC(=O)O)S2)cc1OC. The number of methoxy groups -OCH3 is 2. The van der Waals surface area contributed by atoms with E-state index in [-0.39, 0.29) is 17.5 Å². The number of thioether (sulfide) groups is 1. The van der Waals surface area contributed by atoms with Gasteiger partial charge in [-0.15, -0.1) is 5.10 Å². The van der Waals surface area contributed by atoms with Crippen LogP contribution in [0.15, 0.2) is 28.4 Å². The fourth-order valence-corrected chi connectivity index (χ4v) is 2.74. The Morgan fingerprint density at radius 2 is 2.13 bits per heavy atom. The van der Waals surface area contributed by atoms with Crippen molar-refractivity contribution in [1.82, 2.24) is 5.32 Å². The van der Waals surface area contributed by atoms with Crippen LogP contribution in [0, 0.1) is 0 Å². The van der Waals surface area contributed by atoms with Crippen LogP contribution in [0.3, 0.4) is 0 Å². The molecule has 122 valence electrons. The number of hydrogen-bond acceptors (Lipinski definition) is 7. The molecule has 1 atom stereocenters. The smallest absolute Gasteiger partial charge is 0.305 e. The van der Waals surface area contributed by atoms with Gasteiger partial charge >= 0.3 is 5.97 Å². The summed E-state index contributed by atoms with van der Waals surface area (Å²) >= 11 is 1.05. The quantitative estimate of drug-likeness (QED) is 0.594. The number of hydrogen-bond donors (Lipinski definition) is 2. The third-order valence-electron chi connectivity index (χ3n) is 2.90. The van der Waals surface area contributed by atoms with Crippen LogP contribution in [0.2, 0.25) is 0 Å². The molecule has 0 radical (unpaired) electrons. The zero-order valence-corrected chi connectivity index (χ0v) is 13.3. The Balaban J connectivity index is 2.04. The molecule has 23 heavy (non-hydrogen) atoms. The number of amides is 1. The molecule has 1 unspecified atom stereocenters. The summed E-state index contributed by atoms with van der Waals surface area (Å²) in [5.74, 6) is -0.245. The van der Waals surface area contributed by atoms with Crippen LogP contribution in [0.4, 0.5) is 0 Å². The van der Waals surface area contributed by atoms with E-state index in [1.54, 1.807) is 25.3 Å². The van der Waals surface area contributed by atoms with E-state index in [0.717, 1.165) is 17.3 Å². The monoisotopic (exact) mass is 337 g/mol. The van der Waals surface area contributed by atoms with E-state index in [0.29, 0.717) is 11.5 Å². The van der Waals surface area contributed by atoms with Gasteiger partial charge in [0.25, 0.3) is 0 Å². The maximum Gasteiger partial charge on any atom is 0.305 e. The highest BCUT2D eigenvalue weighted by atomic mass is 32.2. The van der Waals surface area contributed by atoms with Crippen LogP contribution in [-0.2, 0) is 9.59 Å². The van der Waals surface area contributed by atoms with Crippen molar-refractivity contribution in [2.75, 3.05) is 14.2 Å². The first kappa shape index (κ1) is 16.8. The lowest BCUT2D eigenvalue weighted by molar-refractivity contribution is -0.138. The Morgan fingerprint density at radius 3 is 2.78 bits per heavy atom. The summed E-state index contributed by atoms with van der Waals surface area (Å²) in [5.41, 5.74) is 0.739. The van der Waals surface area contributed by atoms with Crippen LogP contribution in [0.25, 0.3) is 0 Å². The number of carbonyl (C=O) groups excluding carboxylic acids is 1. The maximum absolute atomic E-state index is 11.5. The normalized spacial score (nSPS) is 19.1. The lowest BCUT2D eigenvalue weighted by Gasteiger charge is -2.07. The molecular weight excluding hydrogens is 322 g/mol. The number of rotatable bonds is 6. The zero-order chi connectivity index (χ0) is 16.8. The number of carboxylic acids is 1. The molecule has 0 saturated carbocycles. The van der Waals surface area contributed by atoms with E-state index in [2.05, 4.69) is 15.5 Å². The third kappa shape index (κ3) is 4.46. The van der Waals surface area contributed by atoms with Gasteiger partial charge in [-0.1, -0.05) is 11.8 Å². The van der Waals surface area contributed by atoms with Gasteiger partial charge in [0.1, 0.15) is 5.25 Å². The molecule has 1 aliphatic heterocycles. The maximum atomic E-state index is 11.5. The number of carbonyl (C=O) groups is 2. The van der Waals surface area contributed by atoms with E-state index in [1.165, 1.54) is 13.3 Å². The molecule has 2 rings (SSSR count). The van der Waals surface area contributed by atoms with Crippen LogP contribution in [0.1, 0.15) is 12.0 Å². The summed E-state index contributed by atoms with van der Waals surface area (Å²) in [6, 6.07) is 5.25. The number of carboxylic acid groups (broad SMARTS) is 1. The van der Waals surface area contributed by atoms with Crippen molar-refractivity contribution >= 4 is 35.0 Å². The minimum Gasteiger partial charge on any atom is -0.493 e. The Morgan fingerprint density at radius 1 is 1.39 bits per heavy atom. The average Bonchev–Trinajstić information content (AvgIpc) is 2.86. The van der Waals surface area contributed by atoms with Gasteiger partial charge in [0.05, 0.1) is 26.9 Å². The molecule has 2 N–H and O–H groups in total. The first-order valence-electron chi connectivity index (χ1n) is 6.56. The summed E-state index contributed by atoms with van der Waals surface area (Å²) in [7, 11) is 3.08. The van der Waals surface area contributed by atoms with Gasteiger partial charge in [0.15, 0.2) is 16.7 Å². The van der Waals surface area contributed by atoms with Crippen LogP contribution in [0.5, 0.6) is 11.5 Å². The number of ether oxygens (including phenoxy) is 2. The molecule has 1 aromatic carbocycles. The number of amidine groups is 1. The molecule has 1 aromatic rings. The predicted molar refractivity (Wildman–Crippen MR) is 86.3 cm³/mol. The third-order valence-corrected chi connectivity index (χ3v) is 3.97. The Labute approximate surface area is 136 Å². The van der Waals surface area contributed by atoms with E-state index >= 15 is 0 Å². The van der Waals surface area contributed by atoms with E-state index in [1.807, 2.05) is 0 Å². The minimum atomic E-state index is -1.03. The second-order valence-electron chi connectivity index (χ2n) is 4.46. The average molecular weight is 337 g/mol. The summed E-state index contributed by atoms with van der Waals surface area (Å²) in [4.78, 5) is 22.2. The van der Waals surface area contributed by atoms with Gasteiger partial charge in [-0.2, -0.15) is 5.10 Å². The van der Waals surface area contributed by atoms with Crippen LogP contribution >= 0.6 is 11.8 Å². The van der Waals surface area contributed by atoms with Crippen molar-refractivity contribution in [3.63, 3.8) is 0 Å². The first-order valence-corrected chi connectivity index (χ1v) is 7.44. The largest absolute Gasteiger partial charge is 0.493 e. The molecule has 1 saturated heterocycles. The minimum absolute atomic E-state index is 0.255. The summed E-state index contributed by atoms with van der Waals surface area (Å²) < 4.78 is 10.3. The molecule has 0 spiro atoms. The fraction of sp³-hybridized carbons (Fsp3) is 0.286. The van der Waals surface area contributed by atoms with Gasteiger partial charge in [0.2, 0.25) is 5.91 Å². The molecule has 8 nitrogen and oxygen atoms in total. The Hall–Kier alpha value is -2.55. The highest BCUT2D eigenvalue weighted by Gasteiger charge is 2.32. The van der Waals surface area contributed by atoms with Gasteiger partial charge in [0, 0.05) is 0 Å². The second kappa shape index (κ2) is 7.63. The molecular formula is C14H15N3O5S. The van der Waals surface area contributed by atoms with Crippen LogP contribution < -0.4 is 14.8 Å². The number of nitrogens with zero attached hydrogens (tertiary/aromatic N) is 2. The van der Waals surface area contributed by atoms with E-state index in [4.69, 9.17) is 14.6 Å². The van der Waals surface area contributed by atoms with Crippen molar-refractivity contribution in [3.05, 3.63) is 23.8 Å². The van der Waals surface area contributed by atoms with Crippen molar-refractivity contribution in [3.8, 4) is 11.5 Å².